The van der Waals surface area contributed by atoms with Crippen molar-refractivity contribution in [2.45, 2.75) is 18.2 Å². The number of hydrogen-bond donors (Lipinski definition) is 0. The third-order valence-electron chi connectivity index (χ3n) is 3.69. The van der Waals surface area contributed by atoms with E-state index in [-0.39, 0.29) is 4.90 Å². The molecule has 3 aromatic carbocycles. The number of hydrogen-bond acceptors (Lipinski definition) is 3. The lowest BCUT2D eigenvalue weighted by molar-refractivity contribution is 0.486. The van der Waals surface area contributed by atoms with Crippen molar-refractivity contribution in [3.8, 4) is 5.75 Å². The minimum atomic E-state index is -3.80. The molecule has 0 atom stereocenters. The lowest BCUT2D eigenvalue weighted by Gasteiger charge is -2.08. The molecule has 3 aromatic rings. The van der Waals surface area contributed by atoms with Gasteiger partial charge < -0.3 is 4.18 Å². The zero-order valence-electron chi connectivity index (χ0n) is 13.3. The standard InChI is InChI=1S/C20H18O3S/c1-16-7-13-20(14-8-16)24(21,22)23-19-11-9-18(10-12-19)15-17-5-3-2-4-6-17/h2-14H,15H2,1H3. The average Bonchev–Trinajstić information content (AvgIpc) is 2.58. The van der Waals surface area contributed by atoms with Crippen molar-refractivity contribution in [1.29, 1.82) is 0 Å². The van der Waals surface area contributed by atoms with Crippen LogP contribution < -0.4 is 4.18 Å². The molecule has 0 bridgehead atoms. The zero-order valence-corrected chi connectivity index (χ0v) is 14.2. The molecule has 0 unspecified atom stereocenters. The summed E-state index contributed by atoms with van der Waals surface area (Å²) in [6.07, 6.45) is 0.797. The molecule has 0 N–H and O–H groups in total. The lowest BCUT2D eigenvalue weighted by atomic mass is 10.1. The topological polar surface area (TPSA) is 43.4 Å². The molecule has 122 valence electrons. The van der Waals surface area contributed by atoms with Crippen LogP contribution in [0, 0.1) is 6.92 Å². The van der Waals surface area contributed by atoms with Crippen LogP contribution in [0.1, 0.15) is 16.7 Å². The van der Waals surface area contributed by atoms with Crippen LogP contribution in [-0.2, 0) is 16.5 Å². The van der Waals surface area contributed by atoms with Crippen LogP contribution in [0.3, 0.4) is 0 Å². The summed E-state index contributed by atoms with van der Waals surface area (Å²) in [5.74, 6) is 0.312. The Hall–Kier alpha value is -2.59. The van der Waals surface area contributed by atoms with Crippen LogP contribution in [0.25, 0.3) is 0 Å². The Morgan fingerprint density at radius 2 is 1.33 bits per heavy atom. The van der Waals surface area contributed by atoms with Gasteiger partial charge in [0.1, 0.15) is 10.6 Å². The minimum Gasteiger partial charge on any atom is -0.379 e. The van der Waals surface area contributed by atoms with Crippen molar-refractivity contribution >= 4 is 10.1 Å². The second-order valence-electron chi connectivity index (χ2n) is 5.66. The van der Waals surface area contributed by atoms with Crippen molar-refractivity contribution < 1.29 is 12.6 Å². The molecule has 3 nitrogen and oxygen atoms in total. The summed E-state index contributed by atoms with van der Waals surface area (Å²) in [6, 6.07) is 23.8. The van der Waals surface area contributed by atoms with E-state index in [1.165, 1.54) is 5.56 Å². The van der Waals surface area contributed by atoms with Gasteiger partial charge >= 0.3 is 10.1 Å². The molecule has 0 fully saturated rings. The molecule has 0 aliphatic heterocycles. The Balaban J connectivity index is 1.73. The van der Waals surface area contributed by atoms with Gasteiger partial charge in [-0.2, -0.15) is 8.42 Å². The van der Waals surface area contributed by atoms with E-state index in [1.54, 1.807) is 36.4 Å². The SMILES string of the molecule is Cc1ccc(S(=O)(=O)Oc2ccc(Cc3ccccc3)cc2)cc1. The summed E-state index contributed by atoms with van der Waals surface area (Å²) < 4.78 is 29.7. The van der Waals surface area contributed by atoms with E-state index in [0.29, 0.717) is 5.75 Å². The maximum atomic E-state index is 12.3. The summed E-state index contributed by atoms with van der Waals surface area (Å²) in [7, 11) is -3.80. The molecule has 0 aliphatic carbocycles. The van der Waals surface area contributed by atoms with Gasteiger partial charge in [-0.05, 0) is 48.7 Å². The first-order valence-corrected chi connectivity index (χ1v) is 9.08. The first-order chi connectivity index (χ1) is 11.5. The first-order valence-electron chi connectivity index (χ1n) is 7.67. The van der Waals surface area contributed by atoms with E-state index in [4.69, 9.17) is 4.18 Å². The molecular formula is C20H18O3S. The van der Waals surface area contributed by atoms with E-state index < -0.39 is 10.1 Å². The van der Waals surface area contributed by atoms with Gasteiger partial charge in [0.25, 0.3) is 0 Å². The van der Waals surface area contributed by atoms with Crippen LogP contribution in [0.4, 0.5) is 0 Å². The van der Waals surface area contributed by atoms with Crippen LogP contribution in [0.2, 0.25) is 0 Å². The second kappa shape index (κ2) is 6.89. The zero-order chi connectivity index (χ0) is 17.0. The molecule has 3 rings (SSSR count). The fourth-order valence-electron chi connectivity index (χ4n) is 2.37. The van der Waals surface area contributed by atoms with E-state index in [2.05, 4.69) is 12.1 Å². The van der Waals surface area contributed by atoms with Crippen molar-refractivity contribution in [2.75, 3.05) is 0 Å². The summed E-state index contributed by atoms with van der Waals surface area (Å²) in [6.45, 7) is 1.91. The smallest absolute Gasteiger partial charge is 0.339 e. The molecule has 0 heterocycles. The van der Waals surface area contributed by atoms with Crippen LogP contribution in [0.15, 0.2) is 83.8 Å². The van der Waals surface area contributed by atoms with Gasteiger partial charge in [0, 0.05) is 0 Å². The van der Waals surface area contributed by atoms with Gasteiger partial charge in [0.15, 0.2) is 0 Å². The normalized spacial score (nSPS) is 11.2. The lowest BCUT2D eigenvalue weighted by Crippen LogP contribution is -2.09. The van der Waals surface area contributed by atoms with Crippen molar-refractivity contribution in [1.82, 2.24) is 0 Å². The quantitative estimate of drug-likeness (QED) is 0.650. The molecular weight excluding hydrogens is 320 g/mol. The van der Waals surface area contributed by atoms with Gasteiger partial charge in [-0.25, -0.2) is 0 Å². The van der Waals surface area contributed by atoms with Crippen LogP contribution in [-0.4, -0.2) is 8.42 Å². The molecule has 0 aromatic heterocycles. The Morgan fingerprint density at radius 1 is 0.750 bits per heavy atom. The van der Waals surface area contributed by atoms with E-state index >= 15 is 0 Å². The third-order valence-corrected chi connectivity index (χ3v) is 4.95. The highest BCUT2D eigenvalue weighted by atomic mass is 32.2. The first kappa shape index (κ1) is 16.3. The number of aryl methyl sites for hydroxylation is 1. The van der Waals surface area contributed by atoms with Crippen molar-refractivity contribution in [3.05, 3.63) is 95.6 Å². The Labute approximate surface area is 142 Å². The Kier molecular flexibility index (Phi) is 4.67. The molecule has 0 radical (unpaired) electrons. The number of rotatable bonds is 5. The Bertz CT molecular complexity index is 897. The maximum Gasteiger partial charge on any atom is 0.339 e. The van der Waals surface area contributed by atoms with Gasteiger partial charge in [0.05, 0.1) is 0 Å². The fraction of sp³-hybridized carbons (Fsp3) is 0.100. The van der Waals surface area contributed by atoms with E-state index in [1.807, 2.05) is 37.3 Å². The van der Waals surface area contributed by atoms with Gasteiger partial charge in [0.2, 0.25) is 0 Å². The summed E-state index contributed by atoms with van der Waals surface area (Å²) in [5.41, 5.74) is 3.30. The highest BCUT2D eigenvalue weighted by molar-refractivity contribution is 7.87. The van der Waals surface area contributed by atoms with E-state index in [0.717, 1.165) is 17.5 Å². The van der Waals surface area contributed by atoms with Crippen LogP contribution in [0.5, 0.6) is 5.75 Å². The average molecular weight is 338 g/mol. The molecule has 0 aliphatic rings. The largest absolute Gasteiger partial charge is 0.379 e. The Morgan fingerprint density at radius 3 is 1.96 bits per heavy atom. The predicted molar refractivity (Wildman–Crippen MR) is 94.7 cm³/mol. The minimum absolute atomic E-state index is 0.154. The van der Waals surface area contributed by atoms with E-state index in [9.17, 15) is 8.42 Å². The molecule has 0 spiro atoms. The second-order valence-corrected chi connectivity index (χ2v) is 7.20. The summed E-state index contributed by atoms with van der Waals surface area (Å²) in [5, 5.41) is 0. The molecule has 24 heavy (non-hydrogen) atoms. The van der Waals surface area contributed by atoms with Gasteiger partial charge in [-0.1, -0.05) is 60.2 Å². The van der Waals surface area contributed by atoms with Gasteiger partial charge in [-0.15, -0.1) is 0 Å². The molecule has 4 heteroatoms. The fourth-order valence-corrected chi connectivity index (χ4v) is 3.30. The molecule has 0 amide bonds. The van der Waals surface area contributed by atoms with Crippen molar-refractivity contribution in [2.24, 2.45) is 0 Å². The highest BCUT2D eigenvalue weighted by Gasteiger charge is 2.16. The maximum absolute atomic E-state index is 12.3. The predicted octanol–water partition coefficient (Wildman–Crippen LogP) is 4.35. The molecule has 0 saturated heterocycles. The number of benzene rings is 3. The highest BCUT2D eigenvalue weighted by Crippen LogP contribution is 2.20. The van der Waals surface area contributed by atoms with Crippen molar-refractivity contribution in [3.63, 3.8) is 0 Å². The van der Waals surface area contributed by atoms with Crippen LogP contribution >= 0.6 is 0 Å². The van der Waals surface area contributed by atoms with Gasteiger partial charge in [-0.3, -0.25) is 0 Å². The molecule has 0 saturated carbocycles. The monoisotopic (exact) mass is 338 g/mol. The third kappa shape index (κ3) is 4.03. The summed E-state index contributed by atoms with van der Waals surface area (Å²) >= 11 is 0. The summed E-state index contributed by atoms with van der Waals surface area (Å²) in [4.78, 5) is 0.154.